The zero-order chi connectivity index (χ0) is 18.9. The zero-order valence-electron chi connectivity index (χ0n) is 16.0. The van der Waals surface area contributed by atoms with Crippen LogP contribution in [0.5, 0.6) is 5.88 Å². The van der Waals surface area contributed by atoms with Gasteiger partial charge in [-0.05, 0) is 70.4 Å². The van der Waals surface area contributed by atoms with Gasteiger partial charge in [0.1, 0.15) is 5.56 Å². The van der Waals surface area contributed by atoms with Crippen LogP contribution in [-0.2, 0) is 7.05 Å². The smallest absolute Gasteiger partial charge is 0.223 e. The van der Waals surface area contributed by atoms with Crippen LogP contribution in [0.25, 0.3) is 5.57 Å². The molecule has 2 rings (SSSR count). The average molecular weight is 361 g/mol. The minimum absolute atomic E-state index is 0.0916. The monoisotopic (exact) mass is 360 g/mol. The maximum Gasteiger partial charge on any atom is 0.223 e. The molecule has 5 heteroatoms. The van der Waals surface area contributed by atoms with Gasteiger partial charge >= 0.3 is 0 Å². The van der Waals surface area contributed by atoms with E-state index in [2.05, 4.69) is 5.10 Å². The third-order valence-corrected chi connectivity index (χ3v) is 4.78. The third kappa shape index (κ3) is 3.49. The van der Waals surface area contributed by atoms with Crippen LogP contribution in [0, 0.1) is 13.8 Å². The first kappa shape index (κ1) is 19.3. The van der Waals surface area contributed by atoms with Crippen molar-refractivity contribution >= 4 is 23.0 Å². The second kappa shape index (κ2) is 7.44. The van der Waals surface area contributed by atoms with Crippen molar-refractivity contribution in [3.05, 3.63) is 50.7 Å². The number of allylic oxidation sites excluding steroid dienone is 2. The van der Waals surface area contributed by atoms with Crippen LogP contribution in [0.15, 0.2) is 17.7 Å². The Morgan fingerprint density at radius 2 is 1.84 bits per heavy atom. The number of ketones is 1. The first-order valence-electron chi connectivity index (χ1n) is 8.35. The van der Waals surface area contributed by atoms with Gasteiger partial charge in [-0.2, -0.15) is 5.10 Å². The number of hydrogen-bond donors (Lipinski definition) is 0. The Bertz CT molecular complexity index is 859. The number of carbonyl (C=O) groups is 1. The highest BCUT2D eigenvalue weighted by Gasteiger charge is 2.25. The molecule has 0 aliphatic rings. The normalized spacial score (nSPS) is 10.7. The predicted octanol–water partition coefficient (Wildman–Crippen LogP) is 5.13. The lowest BCUT2D eigenvalue weighted by atomic mass is 9.91. The number of ether oxygens (including phenoxy) is 1. The molecule has 1 aromatic heterocycles. The summed E-state index contributed by atoms with van der Waals surface area (Å²) in [6, 6.07) is 3.57. The Balaban J connectivity index is 2.67. The fourth-order valence-electron chi connectivity index (χ4n) is 2.97. The summed E-state index contributed by atoms with van der Waals surface area (Å²) in [5.74, 6) is 0.408. The van der Waals surface area contributed by atoms with Gasteiger partial charge in [0.05, 0.1) is 12.3 Å². The van der Waals surface area contributed by atoms with Crippen molar-refractivity contribution in [3.8, 4) is 5.88 Å². The van der Waals surface area contributed by atoms with Crippen molar-refractivity contribution in [2.45, 2.75) is 41.5 Å². The van der Waals surface area contributed by atoms with E-state index in [-0.39, 0.29) is 5.78 Å². The van der Waals surface area contributed by atoms with E-state index in [4.69, 9.17) is 16.3 Å². The molecule has 0 amide bonds. The molecule has 0 radical (unpaired) electrons. The summed E-state index contributed by atoms with van der Waals surface area (Å²) in [6.07, 6.45) is 0. The van der Waals surface area contributed by atoms with Crippen LogP contribution in [0.1, 0.15) is 60.4 Å². The molecule has 0 spiro atoms. The lowest BCUT2D eigenvalue weighted by Crippen LogP contribution is -2.09. The molecule has 4 nitrogen and oxygen atoms in total. The van der Waals surface area contributed by atoms with Crippen LogP contribution in [0.3, 0.4) is 0 Å². The summed E-state index contributed by atoms with van der Waals surface area (Å²) in [7, 11) is 1.78. The molecule has 0 aliphatic carbocycles. The van der Waals surface area contributed by atoms with Crippen LogP contribution in [0.2, 0.25) is 5.02 Å². The number of aryl methyl sites for hydroxylation is 2. The van der Waals surface area contributed by atoms with E-state index in [1.807, 2.05) is 41.5 Å². The van der Waals surface area contributed by atoms with Crippen LogP contribution < -0.4 is 4.74 Å². The zero-order valence-corrected chi connectivity index (χ0v) is 16.7. The SMILES string of the molecule is CCOc1c(C(=O)c2ccc(Cl)c(C(C)=C(C)C)c2C)c(C)nn1C. The van der Waals surface area contributed by atoms with Crippen LogP contribution >= 0.6 is 11.6 Å². The predicted molar refractivity (Wildman–Crippen MR) is 103 cm³/mol. The minimum atomic E-state index is -0.0916. The molecule has 0 aliphatic heterocycles. The van der Waals surface area contributed by atoms with E-state index >= 15 is 0 Å². The Labute approximate surface area is 154 Å². The summed E-state index contributed by atoms with van der Waals surface area (Å²) in [5, 5.41) is 5.00. The lowest BCUT2D eigenvalue weighted by Gasteiger charge is -2.15. The topological polar surface area (TPSA) is 44.1 Å². The van der Waals surface area contributed by atoms with Crippen LogP contribution in [-0.4, -0.2) is 22.2 Å². The second-order valence-electron chi connectivity index (χ2n) is 6.37. The first-order chi connectivity index (χ1) is 11.7. The summed E-state index contributed by atoms with van der Waals surface area (Å²) in [6.45, 7) is 12.2. The molecule has 0 N–H and O–H groups in total. The third-order valence-electron chi connectivity index (χ3n) is 4.46. The highest BCUT2D eigenvalue weighted by Crippen LogP contribution is 2.33. The van der Waals surface area contributed by atoms with Gasteiger partial charge in [-0.1, -0.05) is 17.2 Å². The Kier molecular flexibility index (Phi) is 5.73. The van der Waals surface area contributed by atoms with E-state index in [0.717, 1.165) is 16.7 Å². The molecule has 0 bridgehead atoms. The van der Waals surface area contributed by atoms with Gasteiger partial charge in [0.15, 0.2) is 0 Å². The van der Waals surface area contributed by atoms with E-state index in [1.54, 1.807) is 23.9 Å². The fourth-order valence-corrected chi connectivity index (χ4v) is 3.32. The number of carbonyl (C=O) groups excluding carboxylic acids is 1. The molecular weight excluding hydrogens is 336 g/mol. The number of benzene rings is 1. The molecular formula is C20H25ClN2O2. The number of hydrogen-bond acceptors (Lipinski definition) is 3. The molecule has 0 atom stereocenters. The van der Waals surface area contributed by atoms with E-state index < -0.39 is 0 Å². The van der Waals surface area contributed by atoms with Crippen molar-refractivity contribution in [2.75, 3.05) is 6.61 Å². The maximum atomic E-state index is 13.3. The summed E-state index contributed by atoms with van der Waals surface area (Å²) in [5.41, 5.74) is 5.85. The molecule has 0 unspecified atom stereocenters. The second-order valence-corrected chi connectivity index (χ2v) is 6.78. The summed E-state index contributed by atoms with van der Waals surface area (Å²) >= 11 is 6.42. The van der Waals surface area contributed by atoms with Gasteiger partial charge in [0.25, 0.3) is 0 Å². The molecule has 0 fully saturated rings. The standard InChI is InChI=1S/C20H25ClN2O2/c1-8-25-20-18(14(6)22-23(20)7)19(24)15-9-10-16(21)17(13(15)5)12(4)11(2)3/h9-10H,8H2,1-7H3. The van der Waals surface area contributed by atoms with Gasteiger partial charge in [-0.25, -0.2) is 4.68 Å². The average Bonchev–Trinajstić information content (AvgIpc) is 2.81. The van der Waals surface area contributed by atoms with Crippen molar-refractivity contribution in [1.29, 1.82) is 0 Å². The lowest BCUT2D eigenvalue weighted by molar-refractivity contribution is 0.103. The van der Waals surface area contributed by atoms with Crippen molar-refractivity contribution in [3.63, 3.8) is 0 Å². The van der Waals surface area contributed by atoms with Crippen molar-refractivity contribution in [1.82, 2.24) is 9.78 Å². The number of nitrogens with zero attached hydrogens (tertiary/aromatic N) is 2. The Morgan fingerprint density at radius 3 is 2.40 bits per heavy atom. The van der Waals surface area contributed by atoms with Crippen LogP contribution in [0.4, 0.5) is 0 Å². The molecule has 1 heterocycles. The van der Waals surface area contributed by atoms with Gasteiger partial charge in [0.2, 0.25) is 11.7 Å². The quantitative estimate of drug-likeness (QED) is 0.694. The van der Waals surface area contributed by atoms with Gasteiger partial charge < -0.3 is 4.74 Å². The Hall–Kier alpha value is -2.07. The van der Waals surface area contributed by atoms with Gasteiger partial charge in [-0.3, -0.25) is 4.79 Å². The molecule has 134 valence electrons. The maximum absolute atomic E-state index is 13.3. The van der Waals surface area contributed by atoms with Crippen molar-refractivity contribution < 1.29 is 9.53 Å². The summed E-state index contributed by atoms with van der Waals surface area (Å²) < 4.78 is 7.27. The number of halogens is 1. The van der Waals surface area contributed by atoms with Gasteiger partial charge in [-0.15, -0.1) is 0 Å². The highest BCUT2D eigenvalue weighted by atomic mass is 35.5. The fraction of sp³-hybridized carbons (Fsp3) is 0.400. The molecule has 2 aromatic rings. The first-order valence-corrected chi connectivity index (χ1v) is 8.73. The number of aromatic nitrogens is 2. The molecule has 0 saturated carbocycles. The molecule has 0 saturated heterocycles. The van der Waals surface area contributed by atoms with E-state index in [0.29, 0.717) is 34.3 Å². The van der Waals surface area contributed by atoms with Gasteiger partial charge in [0, 0.05) is 17.6 Å². The highest BCUT2D eigenvalue weighted by molar-refractivity contribution is 6.32. The van der Waals surface area contributed by atoms with E-state index in [9.17, 15) is 4.79 Å². The summed E-state index contributed by atoms with van der Waals surface area (Å²) in [4.78, 5) is 13.3. The molecule has 25 heavy (non-hydrogen) atoms. The Morgan fingerprint density at radius 1 is 1.20 bits per heavy atom. The van der Waals surface area contributed by atoms with Crippen molar-refractivity contribution in [2.24, 2.45) is 7.05 Å². The molecule has 1 aromatic carbocycles. The minimum Gasteiger partial charge on any atom is -0.478 e. The number of rotatable bonds is 5. The largest absolute Gasteiger partial charge is 0.478 e. The van der Waals surface area contributed by atoms with E-state index in [1.165, 1.54) is 5.57 Å².